The maximum Gasteiger partial charge on any atom is 0.277 e. The first-order valence-electron chi connectivity index (χ1n) is 9.28. The lowest BCUT2D eigenvalue weighted by molar-refractivity contribution is 0.102. The molecule has 0 bridgehead atoms. The van der Waals surface area contributed by atoms with Gasteiger partial charge in [-0.3, -0.25) is 9.59 Å². The maximum absolute atomic E-state index is 12.6. The zero-order valence-electron chi connectivity index (χ0n) is 16.4. The summed E-state index contributed by atoms with van der Waals surface area (Å²) in [6.07, 6.45) is 1.42. The van der Waals surface area contributed by atoms with E-state index in [0.717, 1.165) is 16.6 Å². The molecule has 4 aromatic rings. The number of nitrogens with zero attached hydrogens (tertiary/aromatic N) is 3. The van der Waals surface area contributed by atoms with Crippen molar-refractivity contribution in [2.45, 2.75) is 26.2 Å². The number of benzene rings is 2. The second-order valence-corrected chi connectivity index (χ2v) is 7.87. The van der Waals surface area contributed by atoms with E-state index >= 15 is 0 Å². The molecular formula is C22H21N5O2. The largest absolute Gasteiger partial charge is 0.322 e. The topological polar surface area (TPSA) is 92.7 Å². The molecule has 29 heavy (non-hydrogen) atoms. The first-order chi connectivity index (χ1) is 13.8. The smallest absolute Gasteiger partial charge is 0.277 e. The van der Waals surface area contributed by atoms with E-state index in [1.807, 2.05) is 42.5 Å². The standard InChI is InChI=1S/C22H21N5O2/c1-22(2,3)17-12-20(28)25-18-11-14(9-10-16(17)18)24-21(29)19-13-23-27(26-19)15-7-5-4-6-8-15/h4-13H,1-3H3,(H,24,29)(H,25,28). The number of hydrogen-bond donors (Lipinski definition) is 2. The molecule has 0 saturated carbocycles. The van der Waals surface area contributed by atoms with Gasteiger partial charge >= 0.3 is 0 Å². The SMILES string of the molecule is CC(C)(C)c1cc(=O)[nH]c2cc(NC(=O)c3cnn(-c4ccccc4)n3)ccc12. The highest BCUT2D eigenvalue weighted by Gasteiger charge is 2.18. The van der Waals surface area contributed by atoms with Gasteiger partial charge in [0.1, 0.15) is 0 Å². The van der Waals surface area contributed by atoms with Gasteiger partial charge in [-0.15, -0.1) is 5.10 Å². The molecule has 4 rings (SSSR count). The highest BCUT2D eigenvalue weighted by Crippen LogP contribution is 2.29. The summed E-state index contributed by atoms with van der Waals surface area (Å²) in [5.41, 5.74) is 2.83. The number of fused-ring (bicyclic) bond motifs is 1. The van der Waals surface area contributed by atoms with E-state index in [2.05, 4.69) is 41.3 Å². The molecule has 0 aliphatic rings. The minimum absolute atomic E-state index is 0.170. The minimum Gasteiger partial charge on any atom is -0.322 e. The normalized spacial score (nSPS) is 11.6. The molecule has 0 saturated heterocycles. The highest BCUT2D eigenvalue weighted by molar-refractivity contribution is 6.03. The van der Waals surface area contributed by atoms with Crippen molar-refractivity contribution in [3.05, 3.63) is 82.4 Å². The molecule has 0 aliphatic carbocycles. The Kier molecular flexibility index (Phi) is 4.50. The number of anilines is 1. The Morgan fingerprint density at radius 3 is 2.55 bits per heavy atom. The van der Waals surface area contributed by atoms with E-state index in [4.69, 9.17) is 0 Å². The molecule has 0 spiro atoms. The molecule has 2 aromatic heterocycles. The fourth-order valence-corrected chi connectivity index (χ4v) is 3.21. The fraction of sp³-hybridized carbons (Fsp3) is 0.182. The molecule has 7 heteroatoms. The summed E-state index contributed by atoms with van der Waals surface area (Å²) in [5, 5.41) is 12.1. The van der Waals surface area contributed by atoms with Gasteiger partial charge in [0.2, 0.25) is 5.56 Å². The quantitative estimate of drug-likeness (QED) is 0.561. The predicted molar refractivity (Wildman–Crippen MR) is 113 cm³/mol. The van der Waals surface area contributed by atoms with Crippen molar-refractivity contribution < 1.29 is 4.79 Å². The second-order valence-electron chi connectivity index (χ2n) is 7.87. The Morgan fingerprint density at radius 1 is 1.07 bits per heavy atom. The third kappa shape index (κ3) is 3.80. The van der Waals surface area contributed by atoms with Crippen molar-refractivity contribution in [3.63, 3.8) is 0 Å². The van der Waals surface area contributed by atoms with Crippen LogP contribution in [0.4, 0.5) is 5.69 Å². The summed E-state index contributed by atoms with van der Waals surface area (Å²) in [7, 11) is 0. The van der Waals surface area contributed by atoms with Gasteiger partial charge in [0.05, 0.1) is 17.4 Å². The van der Waals surface area contributed by atoms with Gasteiger partial charge in [0, 0.05) is 17.1 Å². The van der Waals surface area contributed by atoms with Crippen molar-refractivity contribution >= 4 is 22.5 Å². The van der Waals surface area contributed by atoms with E-state index in [0.29, 0.717) is 11.2 Å². The number of aromatic nitrogens is 4. The van der Waals surface area contributed by atoms with Gasteiger partial charge in [-0.2, -0.15) is 9.90 Å². The Balaban J connectivity index is 1.62. The third-order valence-electron chi connectivity index (χ3n) is 4.62. The van der Waals surface area contributed by atoms with Crippen molar-refractivity contribution in [1.29, 1.82) is 0 Å². The number of amides is 1. The highest BCUT2D eigenvalue weighted by atomic mass is 16.2. The van der Waals surface area contributed by atoms with E-state index in [1.165, 1.54) is 11.0 Å². The van der Waals surface area contributed by atoms with E-state index in [1.54, 1.807) is 12.1 Å². The van der Waals surface area contributed by atoms with Gasteiger partial charge in [-0.05, 0) is 35.2 Å². The summed E-state index contributed by atoms with van der Waals surface area (Å²) in [6.45, 7) is 6.19. The van der Waals surface area contributed by atoms with Gasteiger partial charge in [-0.25, -0.2) is 0 Å². The van der Waals surface area contributed by atoms with Gasteiger partial charge in [-0.1, -0.05) is 45.0 Å². The zero-order chi connectivity index (χ0) is 20.6. The first kappa shape index (κ1) is 18.6. The number of rotatable bonds is 3. The number of hydrogen-bond acceptors (Lipinski definition) is 4. The number of carbonyl (C=O) groups excluding carboxylic acids is 1. The summed E-state index contributed by atoms with van der Waals surface area (Å²) >= 11 is 0. The van der Waals surface area contributed by atoms with Gasteiger partial charge < -0.3 is 10.3 Å². The van der Waals surface area contributed by atoms with Gasteiger partial charge in [0.25, 0.3) is 5.91 Å². The average Bonchev–Trinajstić information content (AvgIpc) is 3.17. The van der Waals surface area contributed by atoms with Crippen LogP contribution in [0.3, 0.4) is 0 Å². The molecular weight excluding hydrogens is 366 g/mol. The summed E-state index contributed by atoms with van der Waals surface area (Å²) in [4.78, 5) is 28.9. The van der Waals surface area contributed by atoms with Crippen LogP contribution in [0.15, 0.2) is 65.6 Å². The summed E-state index contributed by atoms with van der Waals surface area (Å²) < 4.78 is 0. The molecule has 0 atom stereocenters. The Morgan fingerprint density at radius 2 is 1.83 bits per heavy atom. The molecule has 1 amide bonds. The predicted octanol–water partition coefficient (Wildman–Crippen LogP) is 3.66. The Hall–Kier alpha value is -3.74. The molecule has 2 heterocycles. The number of H-pyrrole nitrogens is 1. The first-order valence-corrected chi connectivity index (χ1v) is 9.28. The van der Waals surface area contributed by atoms with Crippen LogP contribution < -0.4 is 10.9 Å². The fourth-order valence-electron chi connectivity index (χ4n) is 3.21. The molecule has 0 unspecified atom stereocenters. The number of carbonyl (C=O) groups is 1. The summed E-state index contributed by atoms with van der Waals surface area (Å²) in [5.74, 6) is -0.374. The molecule has 2 N–H and O–H groups in total. The molecule has 0 aliphatic heterocycles. The lowest BCUT2D eigenvalue weighted by atomic mass is 9.85. The van der Waals surface area contributed by atoms with Crippen LogP contribution in [-0.2, 0) is 5.41 Å². The lowest BCUT2D eigenvalue weighted by Crippen LogP contribution is -2.17. The maximum atomic E-state index is 12.6. The Labute approximate surface area is 167 Å². The van der Waals surface area contributed by atoms with Crippen LogP contribution in [0.1, 0.15) is 36.8 Å². The minimum atomic E-state index is -0.374. The number of nitrogens with one attached hydrogen (secondary N) is 2. The summed E-state index contributed by atoms with van der Waals surface area (Å²) in [6, 6.07) is 16.5. The van der Waals surface area contributed by atoms with Gasteiger partial charge in [0.15, 0.2) is 5.69 Å². The van der Waals surface area contributed by atoms with Crippen LogP contribution in [-0.4, -0.2) is 25.9 Å². The van der Waals surface area contributed by atoms with E-state index in [-0.39, 0.29) is 22.6 Å². The number of pyridine rings is 1. The van der Waals surface area contributed by atoms with Crippen molar-refractivity contribution in [1.82, 2.24) is 20.0 Å². The number of para-hydroxylation sites is 1. The average molecular weight is 387 g/mol. The molecule has 2 aromatic carbocycles. The van der Waals surface area contributed by atoms with Crippen LogP contribution in [0.25, 0.3) is 16.6 Å². The molecule has 146 valence electrons. The van der Waals surface area contributed by atoms with Crippen molar-refractivity contribution in [2.24, 2.45) is 0 Å². The molecule has 0 radical (unpaired) electrons. The van der Waals surface area contributed by atoms with E-state index in [9.17, 15) is 9.59 Å². The van der Waals surface area contributed by atoms with Crippen LogP contribution in [0.5, 0.6) is 0 Å². The van der Waals surface area contributed by atoms with E-state index < -0.39 is 0 Å². The van der Waals surface area contributed by atoms with Crippen molar-refractivity contribution in [2.75, 3.05) is 5.32 Å². The third-order valence-corrected chi connectivity index (χ3v) is 4.62. The number of aromatic amines is 1. The Bertz CT molecular complexity index is 1250. The van der Waals surface area contributed by atoms with Crippen LogP contribution in [0, 0.1) is 0 Å². The van der Waals surface area contributed by atoms with Crippen LogP contribution in [0.2, 0.25) is 0 Å². The molecule has 0 fully saturated rings. The van der Waals surface area contributed by atoms with Crippen LogP contribution >= 0.6 is 0 Å². The zero-order valence-corrected chi connectivity index (χ0v) is 16.4. The second kappa shape index (κ2) is 7.01. The lowest BCUT2D eigenvalue weighted by Gasteiger charge is -2.21. The van der Waals surface area contributed by atoms with Crippen molar-refractivity contribution in [3.8, 4) is 5.69 Å². The molecule has 7 nitrogen and oxygen atoms in total. The monoisotopic (exact) mass is 387 g/mol.